The van der Waals surface area contributed by atoms with E-state index in [9.17, 15) is 4.79 Å². The lowest BCUT2D eigenvalue weighted by Crippen LogP contribution is -2.28. The summed E-state index contributed by atoms with van der Waals surface area (Å²) in [6.07, 6.45) is 2.14. The first-order valence-electron chi connectivity index (χ1n) is 6.06. The van der Waals surface area contributed by atoms with Gasteiger partial charge in [-0.25, -0.2) is 0 Å². The van der Waals surface area contributed by atoms with Crippen molar-refractivity contribution in [3.05, 3.63) is 28.8 Å². The third-order valence-corrected chi connectivity index (χ3v) is 2.67. The van der Waals surface area contributed by atoms with Gasteiger partial charge in [-0.2, -0.15) is 0 Å². The molecule has 0 aromatic heterocycles. The fraction of sp³-hybridized carbons (Fsp3) is 0.462. The van der Waals surface area contributed by atoms with E-state index in [1.165, 1.54) is 0 Å². The Morgan fingerprint density at radius 1 is 1.44 bits per heavy atom. The monoisotopic (exact) mass is 270 g/mol. The van der Waals surface area contributed by atoms with Crippen LogP contribution in [-0.2, 0) is 4.74 Å². The maximum atomic E-state index is 11.8. The summed E-state index contributed by atoms with van der Waals surface area (Å²) in [4.78, 5) is 11.8. The topological polar surface area (TPSA) is 64.3 Å². The molecule has 5 heteroatoms. The average Bonchev–Trinajstić information content (AvgIpc) is 2.33. The minimum absolute atomic E-state index is 0.205. The molecule has 0 atom stereocenters. The predicted molar refractivity (Wildman–Crippen MR) is 73.9 cm³/mol. The van der Waals surface area contributed by atoms with Crippen LogP contribution in [0.1, 0.15) is 30.1 Å². The molecule has 0 unspecified atom stereocenters. The molecule has 1 aromatic rings. The number of nitrogens with two attached hydrogens (primary N) is 1. The second-order valence-corrected chi connectivity index (χ2v) is 4.39. The van der Waals surface area contributed by atoms with E-state index in [0.29, 0.717) is 29.4 Å². The Hall–Kier alpha value is -1.26. The number of ether oxygens (including phenoxy) is 1. The molecule has 0 heterocycles. The standard InChI is InChI=1S/C13H19ClN2O2/c1-2-3-7-18-8-6-16-13(17)11-5-4-10(14)9-12(11)15/h4-5,9H,2-3,6-8,15H2,1H3,(H,16,17). The largest absolute Gasteiger partial charge is 0.398 e. The van der Waals surface area contributed by atoms with E-state index in [1.807, 2.05) is 0 Å². The first kappa shape index (κ1) is 14.8. The summed E-state index contributed by atoms with van der Waals surface area (Å²) in [6, 6.07) is 4.82. The molecule has 1 rings (SSSR count). The van der Waals surface area contributed by atoms with Gasteiger partial charge in [-0.3, -0.25) is 4.79 Å². The summed E-state index contributed by atoms with van der Waals surface area (Å²) >= 11 is 5.77. The van der Waals surface area contributed by atoms with Gasteiger partial charge in [-0.1, -0.05) is 24.9 Å². The molecule has 0 aliphatic carbocycles. The average molecular weight is 271 g/mol. The van der Waals surface area contributed by atoms with Crippen molar-refractivity contribution in [3.8, 4) is 0 Å². The number of hydrogen-bond donors (Lipinski definition) is 2. The Morgan fingerprint density at radius 2 is 2.22 bits per heavy atom. The summed E-state index contributed by atoms with van der Waals surface area (Å²) in [5, 5.41) is 3.27. The lowest BCUT2D eigenvalue weighted by molar-refractivity contribution is 0.0913. The molecular formula is C13H19ClN2O2. The van der Waals surface area contributed by atoms with Gasteiger partial charge in [0.1, 0.15) is 0 Å². The Labute approximate surface area is 112 Å². The minimum Gasteiger partial charge on any atom is -0.398 e. The highest BCUT2D eigenvalue weighted by atomic mass is 35.5. The van der Waals surface area contributed by atoms with Gasteiger partial charge < -0.3 is 15.8 Å². The first-order chi connectivity index (χ1) is 8.65. The van der Waals surface area contributed by atoms with E-state index in [4.69, 9.17) is 22.1 Å². The molecule has 4 nitrogen and oxygen atoms in total. The fourth-order valence-corrected chi connectivity index (χ4v) is 1.60. The van der Waals surface area contributed by atoms with Crippen molar-refractivity contribution in [3.63, 3.8) is 0 Å². The molecule has 18 heavy (non-hydrogen) atoms. The molecule has 0 saturated carbocycles. The van der Waals surface area contributed by atoms with Crippen LogP contribution in [0.2, 0.25) is 5.02 Å². The number of hydrogen-bond acceptors (Lipinski definition) is 3. The number of carbonyl (C=O) groups excluding carboxylic acids is 1. The van der Waals surface area contributed by atoms with E-state index in [-0.39, 0.29) is 5.91 Å². The molecule has 0 bridgehead atoms. The quantitative estimate of drug-likeness (QED) is 0.591. The van der Waals surface area contributed by atoms with Gasteiger partial charge in [-0.05, 0) is 24.6 Å². The Kier molecular flexibility index (Phi) is 6.54. The molecule has 100 valence electrons. The fourth-order valence-electron chi connectivity index (χ4n) is 1.42. The molecule has 0 radical (unpaired) electrons. The van der Waals surface area contributed by atoms with E-state index in [0.717, 1.165) is 19.4 Å². The van der Waals surface area contributed by atoms with Gasteiger partial charge in [0.2, 0.25) is 0 Å². The lowest BCUT2D eigenvalue weighted by atomic mass is 10.1. The zero-order valence-electron chi connectivity index (χ0n) is 10.5. The van der Waals surface area contributed by atoms with Crippen LogP contribution < -0.4 is 11.1 Å². The molecule has 0 fully saturated rings. The summed E-state index contributed by atoms with van der Waals surface area (Å²) < 4.78 is 5.34. The summed E-state index contributed by atoms with van der Waals surface area (Å²) in [5.41, 5.74) is 6.54. The van der Waals surface area contributed by atoms with Crippen LogP contribution in [0.5, 0.6) is 0 Å². The number of nitrogens with one attached hydrogen (secondary N) is 1. The second kappa shape index (κ2) is 7.95. The molecule has 0 spiro atoms. The van der Waals surface area contributed by atoms with Gasteiger partial charge in [-0.15, -0.1) is 0 Å². The van der Waals surface area contributed by atoms with Crippen LogP contribution in [-0.4, -0.2) is 25.7 Å². The normalized spacial score (nSPS) is 10.3. The van der Waals surface area contributed by atoms with Gasteiger partial charge in [0.15, 0.2) is 0 Å². The number of nitrogen functional groups attached to an aromatic ring is 1. The second-order valence-electron chi connectivity index (χ2n) is 3.95. The molecule has 0 saturated heterocycles. The predicted octanol–water partition coefficient (Wildman–Crippen LogP) is 2.47. The van der Waals surface area contributed by atoms with E-state index in [2.05, 4.69) is 12.2 Å². The number of benzene rings is 1. The van der Waals surface area contributed by atoms with Crippen LogP contribution in [0.3, 0.4) is 0 Å². The Morgan fingerprint density at radius 3 is 2.89 bits per heavy atom. The van der Waals surface area contributed by atoms with Crippen molar-refractivity contribution >= 4 is 23.2 Å². The van der Waals surface area contributed by atoms with Crippen molar-refractivity contribution in [1.29, 1.82) is 0 Å². The summed E-state index contributed by atoms with van der Waals surface area (Å²) in [7, 11) is 0. The van der Waals surface area contributed by atoms with Crippen LogP contribution in [0, 0.1) is 0 Å². The van der Waals surface area contributed by atoms with Crippen molar-refractivity contribution in [2.45, 2.75) is 19.8 Å². The third kappa shape index (κ3) is 4.94. The SMILES string of the molecule is CCCCOCCNC(=O)c1ccc(Cl)cc1N. The van der Waals surface area contributed by atoms with Crippen molar-refractivity contribution < 1.29 is 9.53 Å². The van der Waals surface area contributed by atoms with Gasteiger partial charge in [0, 0.05) is 23.9 Å². The molecule has 0 aliphatic heterocycles. The number of carbonyl (C=O) groups is 1. The molecule has 1 aromatic carbocycles. The van der Waals surface area contributed by atoms with Crippen molar-refractivity contribution in [2.75, 3.05) is 25.5 Å². The Balaban J connectivity index is 2.32. The van der Waals surface area contributed by atoms with Crippen molar-refractivity contribution in [2.24, 2.45) is 0 Å². The van der Waals surface area contributed by atoms with Crippen molar-refractivity contribution in [1.82, 2.24) is 5.32 Å². The van der Waals surface area contributed by atoms with Crippen LogP contribution >= 0.6 is 11.6 Å². The maximum Gasteiger partial charge on any atom is 0.253 e. The number of unbranched alkanes of at least 4 members (excludes halogenated alkanes) is 1. The summed E-state index contributed by atoms with van der Waals surface area (Å²) in [5.74, 6) is -0.205. The van der Waals surface area contributed by atoms with E-state index >= 15 is 0 Å². The lowest BCUT2D eigenvalue weighted by Gasteiger charge is -2.08. The molecular weight excluding hydrogens is 252 g/mol. The Bertz CT molecular complexity index is 397. The van der Waals surface area contributed by atoms with E-state index < -0.39 is 0 Å². The molecule has 0 aliphatic rings. The zero-order valence-corrected chi connectivity index (χ0v) is 11.3. The summed E-state index contributed by atoms with van der Waals surface area (Å²) in [6.45, 7) is 3.83. The van der Waals surface area contributed by atoms with Crippen LogP contribution in [0.15, 0.2) is 18.2 Å². The highest BCUT2D eigenvalue weighted by Gasteiger charge is 2.08. The zero-order chi connectivity index (χ0) is 13.4. The highest BCUT2D eigenvalue weighted by Crippen LogP contribution is 2.17. The van der Waals surface area contributed by atoms with Crippen LogP contribution in [0.25, 0.3) is 0 Å². The number of rotatable bonds is 7. The number of halogens is 1. The first-order valence-corrected chi connectivity index (χ1v) is 6.44. The highest BCUT2D eigenvalue weighted by molar-refractivity contribution is 6.31. The van der Waals surface area contributed by atoms with Gasteiger partial charge in [0.05, 0.1) is 12.2 Å². The number of anilines is 1. The van der Waals surface area contributed by atoms with Gasteiger partial charge in [0.25, 0.3) is 5.91 Å². The maximum absolute atomic E-state index is 11.8. The third-order valence-electron chi connectivity index (χ3n) is 2.43. The molecule has 3 N–H and O–H groups in total. The van der Waals surface area contributed by atoms with E-state index in [1.54, 1.807) is 18.2 Å². The van der Waals surface area contributed by atoms with Crippen LogP contribution in [0.4, 0.5) is 5.69 Å². The minimum atomic E-state index is -0.205. The number of amides is 1. The van der Waals surface area contributed by atoms with Gasteiger partial charge >= 0.3 is 0 Å². The molecule has 1 amide bonds. The smallest absolute Gasteiger partial charge is 0.253 e.